The van der Waals surface area contributed by atoms with Gasteiger partial charge in [0.1, 0.15) is 16.8 Å². The van der Waals surface area contributed by atoms with Crippen LogP contribution in [0.25, 0.3) is 0 Å². The van der Waals surface area contributed by atoms with Crippen LogP contribution in [-0.4, -0.2) is 16.0 Å². The van der Waals surface area contributed by atoms with Crippen molar-refractivity contribution in [3.63, 3.8) is 0 Å². The van der Waals surface area contributed by atoms with Crippen LogP contribution in [0.2, 0.25) is 5.15 Å². The van der Waals surface area contributed by atoms with E-state index >= 15 is 0 Å². The van der Waals surface area contributed by atoms with Crippen LogP contribution in [0.5, 0.6) is 0 Å². The molecule has 1 aromatic rings. The highest BCUT2D eigenvalue weighted by Crippen LogP contribution is 2.63. The molecule has 1 aromatic heterocycles. The van der Waals surface area contributed by atoms with Crippen LogP contribution >= 0.6 is 11.6 Å². The average molecular weight is 308 g/mol. The molecule has 2 aliphatic rings. The van der Waals surface area contributed by atoms with Crippen molar-refractivity contribution in [2.24, 2.45) is 16.7 Å². The number of halogens is 1. The van der Waals surface area contributed by atoms with Crippen LogP contribution in [0, 0.1) is 16.7 Å². The monoisotopic (exact) mass is 307 g/mol. The zero-order valence-corrected chi connectivity index (χ0v) is 14.3. The minimum Gasteiger partial charge on any atom is -0.366 e. The van der Waals surface area contributed by atoms with Gasteiger partial charge in [-0.15, -0.1) is 0 Å². The van der Waals surface area contributed by atoms with Crippen molar-refractivity contribution in [1.29, 1.82) is 0 Å². The molecule has 4 heteroatoms. The lowest BCUT2D eigenvalue weighted by atomic mass is 9.68. The van der Waals surface area contributed by atoms with Gasteiger partial charge in [-0.3, -0.25) is 0 Å². The van der Waals surface area contributed by atoms with Crippen molar-refractivity contribution in [3.05, 3.63) is 17.0 Å². The van der Waals surface area contributed by atoms with Gasteiger partial charge in [0.2, 0.25) is 0 Å². The van der Waals surface area contributed by atoms with Crippen molar-refractivity contribution in [2.45, 2.75) is 65.8 Å². The molecule has 116 valence electrons. The Morgan fingerprint density at radius 1 is 1.33 bits per heavy atom. The van der Waals surface area contributed by atoms with Gasteiger partial charge < -0.3 is 5.32 Å². The van der Waals surface area contributed by atoms with Crippen molar-refractivity contribution in [1.82, 2.24) is 9.97 Å². The molecule has 1 N–H and O–H groups in total. The molecule has 0 radical (unpaired) electrons. The highest BCUT2D eigenvalue weighted by Gasteiger charge is 2.59. The summed E-state index contributed by atoms with van der Waals surface area (Å²) in [6, 6.07) is 2.33. The second-order valence-electron chi connectivity index (χ2n) is 7.73. The Kier molecular flexibility index (Phi) is 3.67. The minimum absolute atomic E-state index is 0.315. The summed E-state index contributed by atoms with van der Waals surface area (Å²) in [6.45, 7) is 9.36. The van der Waals surface area contributed by atoms with Gasteiger partial charge in [-0.25, -0.2) is 9.97 Å². The first-order valence-electron chi connectivity index (χ1n) is 8.15. The van der Waals surface area contributed by atoms with E-state index in [0.717, 1.165) is 30.4 Å². The van der Waals surface area contributed by atoms with E-state index in [0.29, 0.717) is 22.0 Å². The van der Waals surface area contributed by atoms with E-state index in [1.165, 1.54) is 19.3 Å². The lowest BCUT2D eigenvalue weighted by Gasteiger charge is -2.43. The lowest BCUT2D eigenvalue weighted by Crippen LogP contribution is -2.46. The molecule has 3 nitrogen and oxygen atoms in total. The summed E-state index contributed by atoms with van der Waals surface area (Å²) in [6.07, 6.45) is 5.93. The van der Waals surface area contributed by atoms with Crippen LogP contribution in [0.3, 0.4) is 0 Å². The third-order valence-corrected chi connectivity index (χ3v) is 5.97. The summed E-state index contributed by atoms with van der Waals surface area (Å²) in [5, 5.41) is 4.25. The predicted molar refractivity (Wildman–Crippen MR) is 87.7 cm³/mol. The summed E-state index contributed by atoms with van der Waals surface area (Å²) in [5.41, 5.74) is 0.700. The lowest BCUT2D eigenvalue weighted by molar-refractivity contribution is 0.155. The van der Waals surface area contributed by atoms with Gasteiger partial charge in [0, 0.05) is 18.5 Å². The smallest absolute Gasteiger partial charge is 0.134 e. The highest BCUT2D eigenvalue weighted by molar-refractivity contribution is 6.29. The summed E-state index contributed by atoms with van der Waals surface area (Å²) < 4.78 is 0. The average Bonchev–Trinajstić information content (AvgIpc) is 2.86. The maximum absolute atomic E-state index is 6.16. The van der Waals surface area contributed by atoms with E-state index in [1.54, 1.807) is 0 Å². The first-order valence-corrected chi connectivity index (χ1v) is 8.53. The molecular weight excluding hydrogens is 282 g/mol. The number of nitrogens with zero attached hydrogens (tertiary/aromatic N) is 2. The van der Waals surface area contributed by atoms with Crippen LogP contribution in [-0.2, 0) is 6.42 Å². The van der Waals surface area contributed by atoms with Gasteiger partial charge in [0.15, 0.2) is 0 Å². The third-order valence-electron chi connectivity index (χ3n) is 5.78. The van der Waals surface area contributed by atoms with Crippen molar-refractivity contribution < 1.29 is 0 Å². The molecule has 3 atom stereocenters. The second kappa shape index (κ2) is 5.12. The molecule has 0 aromatic carbocycles. The molecule has 1 heterocycles. The molecule has 3 unspecified atom stereocenters. The van der Waals surface area contributed by atoms with Crippen LogP contribution in [0.15, 0.2) is 6.07 Å². The number of hydrogen-bond acceptors (Lipinski definition) is 3. The molecule has 3 rings (SSSR count). The van der Waals surface area contributed by atoms with Crippen molar-refractivity contribution in [2.75, 3.05) is 5.32 Å². The Hall–Kier alpha value is -0.830. The Bertz CT molecular complexity index is 538. The van der Waals surface area contributed by atoms with Crippen LogP contribution in [0.4, 0.5) is 5.82 Å². The van der Waals surface area contributed by atoms with Gasteiger partial charge in [0.05, 0.1) is 0 Å². The molecule has 0 aliphatic heterocycles. The molecular formula is C17H26ClN3. The topological polar surface area (TPSA) is 37.8 Å². The van der Waals surface area contributed by atoms with Gasteiger partial charge in [0.25, 0.3) is 0 Å². The van der Waals surface area contributed by atoms with Gasteiger partial charge in [-0.05, 0) is 42.4 Å². The third kappa shape index (κ3) is 2.54. The summed E-state index contributed by atoms with van der Waals surface area (Å²) >= 11 is 6.16. The van der Waals surface area contributed by atoms with Crippen LogP contribution < -0.4 is 5.32 Å². The van der Waals surface area contributed by atoms with E-state index in [9.17, 15) is 0 Å². The number of anilines is 1. The standard InChI is InChI=1S/C17H26ClN3/c1-5-6-13-19-12(18)9-14(20-13)21-15-16(2,3)11-7-8-17(15,4)10-11/h9,11,15H,5-8,10H2,1-4H3,(H,19,20,21). The number of rotatable bonds is 4. The van der Waals surface area contributed by atoms with E-state index in [2.05, 4.69) is 43.0 Å². The number of aryl methyl sites for hydroxylation is 1. The molecule has 2 fully saturated rings. The summed E-state index contributed by atoms with van der Waals surface area (Å²) in [7, 11) is 0. The predicted octanol–water partition coefficient (Wildman–Crippen LogP) is 4.71. The molecule has 0 saturated heterocycles. The van der Waals surface area contributed by atoms with Crippen LogP contribution in [0.1, 0.15) is 59.2 Å². The van der Waals surface area contributed by atoms with E-state index in [4.69, 9.17) is 11.6 Å². The first kappa shape index (κ1) is 15.1. The maximum atomic E-state index is 6.16. The van der Waals surface area contributed by atoms with E-state index in [-0.39, 0.29) is 0 Å². The fraction of sp³-hybridized carbons (Fsp3) is 0.765. The number of fused-ring (bicyclic) bond motifs is 2. The Balaban J connectivity index is 1.86. The normalized spacial score (nSPS) is 33.4. The second-order valence-corrected chi connectivity index (χ2v) is 8.12. The Morgan fingerprint density at radius 3 is 2.71 bits per heavy atom. The molecule has 21 heavy (non-hydrogen) atoms. The Labute approximate surface area is 132 Å². The zero-order valence-electron chi connectivity index (χ0n) is 13.5. The van der Waals surface area contributed by atoms with E-state index in [1.807, 2.05) is 6.07 Å². The zero-order chi connectivity index (χ0) is 15.3. The molecule has 2 bridgehead atoms. The largest absolute Gasteiger partial charge is 0.366 e. The molecule has 0 amide bonds. The van der Waals surface area contributed by atoms with Gasteiger partial charge in [-0.1, -0.05) is 39.3 Å². The fourth-order valence-electron chi connectivity index (χ4n) is 4.68. The maximum Gasteiger partial charge on any atom is 0.134 e. The van der Waals surface area contributed by atoms with Gasteiger partial charge in [-0.2, -0.15) is 0 Å². The minimum atomic E-state index is 0.315. The van der Waals surface area contributed by atoms with Crippen molar-refractivity contribution >= 4 is 17.4 Å². The molecule has 2 aliphatic carbocycles. The SMILES string of the molecule is CCCc1nc(Cl)cc(NC2C3(C)CCC(C3)C2(C)C)n1. The van der Waals surface area contributed by atoms with Gasteiger partial charge >= 0.3 is 0 Å². The summed E-state index contributed by atoms with van der Waals surface area (Å²) in [5.74, 6) is 2.57. The fourth-order valence-corrected chi connectivity index (χ4v) is 4.89. The van der Waals surface area contributed by atoms with E-state index < -0.39 is 0 Å². The quantitative estimate of drug-likeness (QED) is 0.819. The number of hydrogen-bond donors (Lipinski definition) is 1. The highest BCUT2D eigenvalue weighted by atomic mass is 35.5. The number of nitrogens with one attached hydrogen (secondary N) is 1. The Morgan fingerprint density at radius 2 is 2.10 bits per heavy atom. The van der Waals surface area contributed by atoms with Crippen molar-refractivity contribution in [3.8, 4) is 0 Å². The summed E-state index contributed by atoms with van der Waals surface area (Å²) in [4.78, 5) is 8.97. The first-order chi connectivity index (χ1) is 9.85. The number of aromatic nitrogens is 2. The molecule has 2 saturated carbocycles. The molecule has 0 spiro atoms.